The Morgan fingerprint density at radius 1 is 1.08 bits per heavy atom. The summed E-state index contributed by atoms with van der Waals surface area (Å²) in [7, 11) is 1.96. The maximum atomic E-state index is 8.38. The van der Waals surface area contributed by atoms with Crippen molar-refractivity contribution in [1.82, 2.24) is 4.90 Å². The van der Waals surface area contributed by atoms with Gasteiger partial charge in [0.1, 0.15) is 5.84 Å². The molecule has 1 N–H and O–H groups in total. The van der Waals surface area contributed by atoms with Crippen molar-refractivity contribution in [1.29, 1.82) is 5.41 Å². The van der Waals surface area contributed by atoms with E-state index in [2.05, 4.69) is 65.0 Å². The highest BCUT2D eigenvalue weighted by Crippen LogP contribution is 2.25. The predicted molar refractivity (Wildman–Crippen MR) is 114 cm³/mol. The van der Waals surface area contributed by atoms with E-state index in [1.165, 1.54) is 22.3 Å². The molecule has 0 aliphatic rings. The van der Waals surface area contributed by atoms with E-state index in [0.29, 0.717) is 11.8 Å². The molecule has 0 bridgehead atoms. The van der Waals surface area contributed by atoms with Crippen LogP contribution in [-0.2, 0) is 12.8 Å². The van der Waals surface area contributed by atoms with Crippen LogP contribution in [0.1, 0.15) is 54.2 Å². The van der Waals surface area contributed by atoms with Crippen LogP contribution in [0, 0.1) is 25.2 Å². The van der Waals surface area contributed by atoms with Crippen molar-refractivity contribution >= 4 is 17.4 Å². The Morgan fingerprint density at radius 2 is 1.77 bits per heavy atom. The molecule has 0 unspecified atom stereocenters. The van der Waals surface area contributed by atoms with Gasteiger partial charge in [-0.15, -0.1) is 0 Å². The van der Waals surface area contributed by atoms with Crippen LogP contribution in [0.15, 0.2) is 30.3 Å². The fourth-order valence-electron chi connectivity index (χ4n) is 3.21. The first kappa shape index (κ1) is 20.5. The molecule has 2 aromatic carbocycles. The van der Waals surface area contributed by atoms with Gasteiger partial charge in [0, 0.05) is 24.2 Å². The Labute approximate surface area is 163 Å². The number of aryl methyl sites for hydroxylation is 2. The molecule has 3 heteroatoms. The van der Waals surface area contributed by atoms with Gasteiger partial charge in [0.05, 0.1) is 0 Å². The second-order valence-electron chi connectivity index (χ2n) is 7.66. The minimum atomic E-state index is 0.584. The fraction of sp³-hybridized carbons (Fsp3) is 0.435. The van der Waals surface area contributed by atoms with E-state index in [1.54, 1.807) is 0 Å². The molecule has 2 nitrogen and oxygen atoms in total. The fourth-order valence-corrected chi connectivity index (χ4v) is 3.49. The highest BCUT2D eigenvalue weighted by Gasteiger charge is 2.12. The van der Waals surface area contributed by atoms with E-state index in [1.807, 2.05) is 11.9 Å². The van der Waals surface area contributed by atoms with Gasteiger partial charge >= 0.3 is 0 Å². The van der Waals surface area contributed by atoms with Gasteiger partial charge in [-0.1, -0.05) is 43.6 Å². The summed E-state index contributed by atoms with van der Waals surface area (Å²) in [5, 5.41) is 9.25. The molecular weight excluding hydrogens is 340 g/mol. The van der Waals surface area contributed by atoms with Gasteiger partial charge < -0.3 is 4.90 Å². The molecular formula is C23H31ClN2. The number of hydrogen-bond donors (Lipinski definition) is 1. The Hall–Kier alpha value is -1.80. The molecule has 0 radical (unpaired) electrons. The summed E-state index contributed by atoms with van der Waals surface area (Å²) in [6, 6.07) is 10.8. The van der Waals surface area contributed by atoms with Gasteiger partial charge in [0.2, 0.25) is 0 Å². The van der Waals surface area contributed by atoms with Crippen molar-refractivity contribution in [2.75, 3.05) is 13.6 Å². The first-order valence-corrected chi connectivity index (χ1v) is 9.78. The zero-order chi connectivity index (χ0) is 19.4. The molecule has 0 saturated heterocycles. The van der Waals surface area contributed by atoms with Crippen molar-refractivity contribution in [3.63, 3.8) is 0 Å². The third-order valence-electron chi connectivity index (χ3n) is 4.93. The van der Waals surface area contributed by atoms with Crippen LogP contribution in [0.5, 0.6) is 0 Å². The van der Waals surface area contributed by atoms with Crippen molar-refractivity contribution < 1.29 is 0 Å². The maximum absolute atomic E-state index is 8.38. The maximum Gasteiger partial charge on any atom is 0.128 e. The number of rotatable bonds is 6. The first-order valence-electron chi connectivity index (χ1n) is 9.40. The molecule has 0 saturated carbocycles. The molecule has 140 valence electrons. The molecule has 0 aliphatic heterocycles. The first-order chi connectivity index (χ1) is 12.2. The molecule has 0 atom stereocenters. The van der Waals surface area contributed by atoms with Crippen molar-refractivity contribution in [3.8, 4) is 0 Å². The van der Waals surface area contributed by atoms with E-state index >= 15 is 0 Å². The van der Waals surface area contributed by atoms with Crippen molar-refractivity contribution in [2.45, 2.75) is 47.5 Å². The lowest BCUT2D eigenvalue weighted by molar-refractivity contribution is 0.532. The topological polar surface area (TPSA) is 27.1 Å². The van der Waals surface area contributed by atoms with Gasteiger partial charge in [-0.2, -0.15) is 0 Å². The number of benzene rings is 2. The highest BCUT2D eigenvalue weighted by molar-refractivity contribution is 6.31. The van der Waals surface area contributed by atoms with Crippen LogP contribution in [0.2, 0.25) is 5.02 Å². The summed E-state index contributed by atoms with van der Waals surface area (Å²) >= 11 is 6.49. The summed E-state index contributed by atoms with van der Waals surface area (Å²) in [6.45, 7) is 11.6. The zero-order valence-electron chi connectivity index (χ0n) is 16.9. The van der Waals surface area contributed by atoms with Crippen molar-refractivity contribution in [3.05, 3.63) is 68.7 Å². The second-order valence-corrected chi connectivity index (χ2v) is 8.06. The molecule has 0 amide bonds. The van der Waals surface area contributed by atoms with E-state index in [-0.39, 0.29) is 0 Å². The number of amidine groups is 1. The molecule has 2 aromatic rings. The zero-order valence-corrected chi connectivity index (χ0v) is 17.7. The molecule has 0 aliphatic carbocycles. The highest BCUT2D eigenvalue weighted by atomic mass is 35.5. The lowest BCUT2D eigenvalue weighted by Crippen LogP contribution is -2.27. The number of halogens is 1. The molecule has 0 spiro atoms. The summed E-state index contributed by atoms with van der Waals surface area (Å²) < 4.78 is 0. The Morgan fingerprint density at radius 3 is 2.35 bits per heavy atom. The third kappa shape index (κ3) is 4.88. The van der Waals surface area contributed by atoms with Crippen LogP contribution in [0.25, 0.3) is 0 Å². The smallest absolute Gasteiger partial charge is 0.128 e. The van der Waals surface area contributed by atoms with E-state index in [0.717, 1.165) is 35.5 Å². The van der Waals surface area contributed by atoms with Gasteiger partial charge in [-0.05, 0) is 79.5 Å². The van der Waals surface area contributed by atoms with Gasteiger partial charge in [-0.3, -0.25) is 5.41 Å². The monoisotopic (exact) mass is 370 g/mol. The summed E-state index contributed by atoms with van der Waals surface area (Å²) in [5.41, 5.74) is 7.15. The van der Waals surface area contributed by atoms with Gasteiger partial charge in [0.25, 0.3) is 0 Å². The van der Waals surface area contributed by atoms with Crippen LogP contribution in [-0.4, -0.2) is 24.3 Å². The standard InChI is InChI=1S/C23H31ClN2/c1-7-26(6)23(25)21-12-16(4)20(11-17(21)5)13-18-8-9-19(10-15(2)3)22(24)14-18/h8-9,11-12,14-15,25H,7,10,13H2,1-6H3. The minimum Gasteiger partial charge on any atom is -0.360 e. The molecule has 0 heterocycles. The quantitative estimate of drug-likeness (QED) is 0.488. The number of nitrogens with zero attached hydrogens (tertiary/aromatic N) is 1. The average molecular weight is 371 g/mol. The lowest BCUT2D eigenvalue weighted by Gasteiger charge is -2.21. The van der Waals surface area contributed by atoms with E-state index in [4.69, 9.17) is 17.0 Å². The lowest BCUT2D eigenvalue weighted by atomic mass is 9.93. The summed E-state index contributed by atoms with van der Waals surface area (Å²) in [6.07, 6.45) is 1.88. The third-order valence-corrected chi connectivity index (χ3v) is 5.29. The summed E-state index contributed by atoms with van der Waals surface area (Å²) in [4.78, 5) is 1.97. The minimum absolute atomic E-state index is 0.584. The predicted octanol–water partition coefficient (Wildman–Crippen LogP) is 6.02. The van der Waals surface area contributed by atoms with Crippen LogP contribution in [0.4, 0.5) is 0 Å². The SMILES string of the molecule is CCN(C)C(=N)c1cc(C)c(Cc2ccc(CC(C)C)c(Cl)c2)cc1C. The second kappa shape index (κ2) is 8.73. The largest absolute Gasteiger partial charge is 0.360 e. The molecule has 0 fully saturated rings. The van der Waals surface area contributed by atoms with E-state index < -0.39 is 0 Å². The summed E-state index contributed by atoms with van der Waals surface area (Å²) in [5.74, 6) is 1.19. The molecule has 26 heavy (non-hydrogen) atoms. The van der Waals surface area contributed by atoms with E-state index in [9.17, 15) is 0 Å². The molecule has 0 aromatic heterocycles. The average Bonchev–Trinajstić information content (AvgIpc) is 2.58. The number of hydrogen-bond acceptors (Lipinski definition) is 1. The van der Waals surface area contributed by atoms with Crippen molar-refractivity contribution in [2.24, 2.45) is 5.92 Å². The Kier molecular flexibility index (Phi) is 6.88. The molecule has 2 rings (SSSR count). The van der Waals surface area contributed by atoms with Crippen LogP contribution < -0.4 is 0 Å². The van der Waals surface area contributed by atoms with Gasteiger partial charge in [0.15, 0.2) is 0 Å². The Bertz CT molecular complexity index is 793. The van der Waals surface area contributed by atoms with Gasteiger partial charge in [-0.25, -0.2) is 0 Å². The number of nitrogens with one attached hydrogen (secondary N) is 1. The normalized spacial score (nSPS) is 11.1. The Balaban J connectivity index is 2.26. The van der Waals surface area contributed by atoms with Crippen LogP contribution >= 0.6 is 11.6 Å². The van der Waals surface area contributed by atoms with Crippen LogP contribution in [0.3, 0.4) is 0 Å².